The molecule has 4 nitrogen and oxygen atoms in total. The third-order valence-electron chi connectivity index (χ3n) is 5.06. The first-order valence-corrected chi connectivity index (χ1v) is 9.79. The van der Waals surface area contributed by atoms with Gasteiger partial charge in [-0.05, 0) is 53.4 Å². The molecule has 0 amide bonds. The Hall–Kier alpha value is -3.27. The number of methoxy groups -OCH3 is 1. The molecule has 0 saturated heterocycles. The first-order valence-electron chi connectivity index (χ1n) is 9.79. The number of fused-ring (bicyclic) bond motifs is 1. The van der Waals surface area contributed by atoms with Crippen LogP contribution < -0.4 is 9.47 Å². The van der Waals surface area contributed by atoms with Gasteiger partial charge in [0.2, 0.25) is 0 Å². The van der Waals surface area contributed by atoms with Crippen LogP contribution in [0.4, 0.5) is 0 Å². The van der Waals surface area contributed by atoms with Crippen LogP contribution in [0.5, 0.6) is 11.5 Å². The van der Waals surface area contributed by atoms with Crippen LogP contribution >= 0.6 is 0 Å². The van der Waals surface area contributed by atoms with Crippen molar-refractivity contribution in [3.8, 4) is 22.9 Å². The first kappa shape index (κ1) is 19.1. The molecular weight excluding hydrogens is 360 g/mol. The van der Waals surface area contributed by atoms with E-state index in [0.717, 1.165) is 39.5 Å². The van der Waals surface area contributed by atoms with Crippen molar-refractivity contribution in [2.75, 3.05) is 7.11 Å². The lowest BCUT2D eigenvalue weighted by atomic mass is 9.87. The number of benzene rings is 3. The van der Waals surface area contributed by atoms with Crippen molar-refractivity contribution in [2.45, 2.75) is 32.8 Å². The van der Waals surface area contributed by atoms with Gasteiger partial charge < -0.3 is 14.5 Å². The molecule has 29 heavy (non-hydrogen) atoms. The topological polar surface area (TPSA) is 47.1 Å². The molecule has 0 fully saturated rings. The second-order valence-corrected chi connectivity index (χ2v) is 8.19. The molecule has 0 aliphatic rings. The summed E-state index contributed by atoms with van der Waals surface area (Å²) in [5.41, 5.74) is 5.37. The van der Waals surface area contributed by atoms with E-state index in [0.29, 0.717) is 6.61 Å². The zero-order chi connectivity index (χ0) is 20.4. The van der Waals surface area contributed by atoms with E-state index in [1.807, 2.05) is 48.5 Å². The highest BCUT2D eigenvalue weighted by molar-refractivity contribution is 5.79. The second kappa shape index (κ2) is 7.63. The molecule has 0 radical (unpaired) electrons. The number of hydrogen-bond acceptors (Lipinski definition) is 3. The lowest BCUT2D eigenvalue weighted by Crippen LogP contribution is -2.10. The molecule has 1 N–H and O–H groups in total. The van der Waals surface area contributed by atoms with Crippen LogP contribution in [0, 0.1) is 0 Å². The molecule has 1 heterocycles. The third-order valence-corrected chi connectivity index (χ3v) is 5.06. The fourth-order valence-corrected chi connectivity index (χ4v) is 3.34. The fourth-order valence-electron chi connectivity index (χ4n) is 3.34. The Morgan fingerprint density at radius 2 is 1.69 bits per heavy atom. The summed E-state index contributed by atoms with van der Waals surface area (Å²) in [7, 11) is 1.68. The Bertz CT molecular complexity index is 1090. The number of ether oxygens (including phenoxy) is 2. The Labute approximate surface area is 171 Å². The Morgan fingerprint density at radius 1 is 0.931 bits per heavy atom. The molecule has 4 aromatic rings. The molecule has 148 valence electrons. The number of para-hydroxylation sites is 2. The average molecular weight is 386 g/mol. The predicted molar refractivity (Wildman–Crippen MR) is 118 cm³/mol. The van der Waals surface area contributed by atoms with E-state index in [9.17, 15) is 0 Å². The van der Waals surface area contributed by atoms with Gasteiger partial charge in [0.25, 0.3) is 0 Å². The van der Waals surface area contributed by atoms with Gasteiger partial charge >= 0.3 is 0 Å². The van der Waals surface area contributed by atoms with E-state index in [1.165, 1.54) is 5.56 Å². The van der Waals surface area contributed by atoms with Gasteiger partial charge in [-0.2, -0.15) is 0 Å². The summed E-state index contributed by atoms with van der Waals surface area (Å²) in [6.45, 7) is 7.04. The van der Waals surface area contributed by atoms with Crippen molar-refractivity contribution < 1.29 is 9.47 Å². The van der Waals surface area contributed by atoms with Crippen LogP contribution in [0.3, 0.4) is 0 Å². The zero-order valence-corrected chi connectivity index (χ0v) is 17.3. The molecule has 0 spiro atoms. The quantitative estimate of drug-likeness (QED) is 0.450. The molecule has 0 saturated carbocycles. The standard InChI is InChI=1S/C25H26N2O2/c1-25(2,3)19-10-12-20(13-11-19)29-16-18-15-17(9-14-23(18)28-4)24-26-21-7-5-6-8-22(21)27-24/h5-15H,16H2,1-4H3,(H,26,27). The number of aromatic nitrogens is 2. The number of H-pyrrole nitrogens is 1. The first-order chi connectivity index (χ1) is 13.9. The van der Waals surface area contributed by atoms with Gasteiger partial charge in [-0.1, -0.05) is 45.0 Å². The second-order valence-electron chi connectivity index (χ2n) is 8.19. The molecule has 3 aromatic carbocycles. The number of rotatable bonds is 5. The van der Waals surface area contributed by atoms with Crippen LogP contribution in [-0.4, -0.2) is 17.1 Å². The normalized spacial score (nSPS) is 11.6. The minimum absolute atomic E-state index is 0.128. The molecule has 0 unspecified atom stereocenters. The Morgan fingerprint density at radius 3 is 2.38 bits per heavy atom. The molecule has 4 rings (SSSR count). The van der Waals surface area contributed by atoms with E-state index in [-0.39, 0.29) is 5.41 Å². The molecular formula is C25H26N2O2. The number of hydrogen-bond donors (Lipinski definition) is 1. The highest BCUT2D eigenvalue weighted by Crippen LogP contribution is 2.29. The molecule has 0 atom stereocenters. The van der Waals surface area contributed by atoms with Crippen LogP contribution in [0.15, 0.2) is 66.7 Å². The van der Waals surface area contributed by atoms with Gasteiger partial charge in [-0.3, -0.25) is 0 Å². The average Bonchev–Trinajstić information content (AvgIpc) is 3.16. The smallest absolute Gasteiger partial charge is 0.138 e. The largest absolute Gasteiger partial charge is 0.496 e. The van der Waals surface area contributed by atoms with Crippen molar-refractivity contribution in [3.63, 3.8) is 0 Å². The number of nitrogens with one attached hydrogen (secondary N) is 1. The number of aromatic amines is 1. The van der Waals surface area contributed by atoms with Gasteiger partial charge in [0.05, 0.1) is 18.1 Å². The van der Waals surface area contributed by atoms with E-state index in [2.05, 4.69) is 44.0 Å². The van der Waals surface area contributed by atoms with Crippen molar-refractivity contribution in [1.82, 2.24) is 9.97 Å². The summed E-state index contributed by atoms with van der Waals surface area (Å²) in [5.74, 6) is 2.48. The van der Waals surface area contributed by atoms with E-state index in [1.54, 1.807) is 7.11 Å². The van der Waals surface area contributed by atoms with Crippen LogP contribution in [-0.2, 0) is 12.0 Å². The maximum atomic E-state index is 6.04. The molecule has 0 aliphatic heterocycles. The fraction of sp³-hybridized carbons (Fsp3) is 0.240. The number of imidazole rings is 1. The van der Waals surface area contributed by atoms with Crippen molar-refractivity contribution >= 4 is 11.0 Å². The van der Waals surface area contributed by atoms with Gasteiger partial charge in [0, 0.05) is 11.1 Å². The summed E-state index contributed by atoms with van der Waals surface area (Å²) >= 11 is 0. The van der Waals surface area contributed by atoms with Crippen LogP contribution in [0.2, 0.25) is 0 Å². The van der Waals surface area contributed by atoms with Crippen LogP contribution in [0.1, 0.15) is 31.9 Å². The Balaban J connectivity index is 1.57. The number of nitrogens with zero attached hydrogens (tertiary/aromatic N) is 1. The molecule has 0 bridgehead atoms. The molecule has 4 heteroatoms. The highest BCUT2D eigenvalue weighted by Gasteiger charge is 2.14. The lowest BCUT2D eigenvalue weighted by Gasteiger charge is -2.19. The maximum absolute atomic E-state index is 6.04. The van der Waals surface area contributed by atoms with Gasteiger partial charge in [0.1, 0.15) is 23.9 Å². The monoisotopic (exact) mass is 386 g/mol. The SMILES string of the molecule is COc1ccc(-c2nc3ccccc3[nH]2)cc1COc1ccc(C(C)(C)C)cc1. The van der Waals surface area contributed by atoms with Gasteiger partial charge in [0.15, 0.2) is 0 Å². The van der Waals surface area contributed by atoms with Gasteiger partial charge in [-0.15, -0.1) is 0 Å². The molecule has 0 aliphatic carbocycles. The van der Waals surface area contributed by atoms with E-state index >= 15 is 0 Å². The van der Waals surface area contributed by atoms with Crippen molar-refractivity contribution in [3.05, 3.63) is 77.9 Å². The lowest BCUT2D eigenvalue weighted by molar-refractivity contribution is 0.296. The summed E-state index contributed by atoms with van der Waals surface area (Å²) in [5, 5.41) is 0. The third kappa shape index (κ3) is 4.11. The van der Waals surface area contributed by atoms with Gasteiger partial charge in [-0.25, -0.2) is 4.98 Å². The van der Waals surface area contributed by atoms with Crippen molar-refractivity contribution in [2.24, 2.45) is 0 Å². The van der Waals surface area contributed by atoms with E-state index < -0.39 is 0 Å². The van der Waals surface area contributed by atoms with E-state index in [4.69, 9.17) is 14.5 Å². The Kier molecular flexibility index (Phi) is 5.01. The zero-order valence-electron chi connectivity index (χ0n) is 17.3. The van der Waals surface area contributed by atoms with Crippen molar-refractivity contribution in [1.29, 1.82) is 0 Å². The summed E-state index contributed by atoms with van der Waals surface area (Å²) in [6, 6.07) is 22.4. The summed E-state index contributed by atoms with van der Waals surface area (Å²) < 4.78 is 11.6. The summed E-state index contributed by atoms with van der Waals surface area (Å²) in [4.78, 5) is 8.07. The minimum atomic E-state index is 0.128. The van der Waals surface area contributed by atoms with Crippen LogP contribution in [0.25, 0.3) is 22.4 Å². The minimum Gasteiger partial charge on any atom is -0.496 e. The maximum Gasteiger partial charge on any atom is 0.138 e. The highest BCUT2D eigenvalue weighted by atomic mass is 16.5. The molecule has 1 aromatic heterocycles. The predicted octanol–water partition coefficient (Wildman–Crippen LogP) is 6.12. The summed E-state index contributed by atoms with van der Waals surface area (Å²) in [6.07, 6.45) is 0.